The molecule has 0 aliphatic rings. The molecule has 1 atom stereocenters. The minimum absolute atomic E-state index is 0.183. The summed E-state index contributed by atoms with van der Waals surface area (Å²) in [7, 11) is 0. The van der Waals surface area contributed by atoms with Gasteiger partial charge in [0.2, 0.25) is 0 Å². The van der Waals surface area contributed by atoms with Crippen LogP contribution in [0.1, 0.15) is 15.9 Å². The SMILES string of the molecule is N[C@H](COC(=O)c1cccc2ccccc12)Cc1ccc(-c2ccccc2)cc1. The van der Waals surface area contributed by atoms with Crippen LogP contribution in [0.3, 0.4) is 0 Å². The first kappa shape index (κ1) is 18.9. The monoisotopic (exact) mass is 381 g/mol. The molecule has 2 N–H and O–H groups in total. The van der Waals surface area contributed by atoms with E-state index >= 15 is 0 Å². The van der Waals surface area contributed by atoms with Gasteiger partial charge in [-0.15, -0.1) is 0 Å². The van der Waals surface area contributed by atoms with E-state index in [1.165, 1.54) is 11.1 Å². The molecule has 3 nitrogen and oxygen atoms in total. The number of fused-ring (bicyclic) bond motifs is 1. The van der Waals surface area contributed by atoms with Gasteiger partial charge in [-0.25, -0.2) is 4.79 Å². The molecule has 0 radical (unpaired) electrons. The van der Waals surface area contributed by atoms with Crippen LogP contribution in [0.15, 0.2) is 97.1 Å². The van der Waals surface area contributed by atoms with Crippen LogP contribution in [0, 0.1) is 0 Å². The lowest BCUT2D eigenvalue weighted by atomic mass is 10.0. The van der Waals surface area contributed by atoms with Crippen molar-refractivity contribution in [2.75, 3.05) is 6.61 Å². The molecule has 0 aliphatic heterocycles. The fraction of sp³-hybridized carbons (Fsp3) is 0.115. The number of ether oxygens (including phenoxy) is 1. The molecule has 0 aliphatic carbocycles. The van der Waals surface area contributed by atoms with Crippen molar-refractivity contribution in [2.24, 2.45) is 5.73 Å². The highest BCUT2D eigenvalue weighted by Crippen LogP contribution is 2.21. The number of rotatable bonds is 6. The largest absolute Gasteiger partial charge is 0.460 e. The van der Waals surface area contributed by atoms with Crippen molar-refractivity contribution in [2.45, 2.75) is 12.5 Å². The molecule has 4 aromatic carbocycles. The van der Waals surface area contributed by atoms with Crippen molar-refractivity contribution < 1.29 is 9.53 Å². The third-order valence-corrected chi connectivity index (χ3v) is 5.00. The molecule has 4 rings (SSSR count). The second kappa shape index (κ2) is 8.72. The van der Waals surface area contributed by atoms with E-state index in [0.29, 0.717) is 12.0 Å². The standard InChI is InChI=1S/C26H23NO2/c27-23(17-19-13-15-21(16-14-19)20-7-2-1-3-8-20)18-29-26(28)25-12-6-10-22-9-4-5-11-24(22)25/h1-16,23H,17-18,27H2/t23-/m0/s1. The molecule has 0 spiro atoms. The maximum atomic E-state index is 12.5. The third-order valence-electron chi connectivity index (χ3n) is 5.00. The summed E-state index contributed by atoms with van der Waals surface area (Å²) < 4.78 is 5.50. The number of benzene rings is 4. The van der Waals surface area contributed by atoms with Crippen molar-refractivity contribution >= 4 is 16.7 Å². The molecule has 3 heteroatoms. The maximum absolute atomic E-state index is 12.5. The lowest BCUT2D eigenvalue weighted by molar-refractivity contribution is 0.0483. The van der Waals surface area contributed by atoms with Crippen molar-refractivity contribution in [3.8, 4) is 11.1 Å². The first-order chi connectivity index (χ1) is 14.2. The first-order valence-electron chi connectivity index (χ1n) is 9.75. The van der Waals surface area contributed by atoms with Gasteiger partial charge in [-0.05, 0) is 39.9 Å². The third kappa shape index (κ3) is 4.53. The number of nitrogens with two attached hydrogens (primary N) is 1. The Bertz CT molecular complexity index is 1100. The van der Waals surface area contributed by atoms with Crippen molar-refractivity contribution in [1.82, 2.24) is 0 Å². The molecular weight excluding hydrogens is 358 g/mol. The zero-order chi connectivity index (χ0) is 20.1. The summed E-state index contributed by atoms with van der Waals surface area (Å²) in [4.78, 5) is 12.5. The Kier molecular flexibility index (Phi) is 5.68. The molecule has 0 aromatic heterocycles. The van der Waals surface area contributed by atoms with Gasteiger partial charge in [0, 0.05) is 6.04 Å². The number of esters is 1. The van der Waals surface area contributed by atoms with Gasteiger partial charge in [0.1, 0.15) is 6.61 Å². The molecule has 0 amide bonds. The molecular formula is C26H23NO2. The molecule has 4 aromatic rings. The van der Waals surface area contributed by atoms with Crippen LogP contribution in [-0.4, -0.2) is 18.6 Å². The lowest BCUT2D eigenvalue weighted by Crippen LogP contribution is -2.30. The van der Waals surface area contributed by atoms with Crippen molar-refractivity contribution in [3.63, 3.8) is 0 Å². The van der Waals surface area contributed by atoms with Crippen LogP contribution >= 0.6 is 0 Å². The van der Waals surface area contributed by atoms with E-state index in [-0.39, 0.29) is 18.6 Å². The Balaban J connectivity index is 1.36. The molecule has 29 heavy (non-hydrogen) atoms. The highest BCUT2D eigenvalue weighted by atomic mass is 16.5. The number of carbonyl (C=O) groups excluding carboxylic acids is 1. The average molecular weight is 381 g/mol. The van der Waals surface area contributed by atoms with Crippen molar-refractivity contribution in [1.29, 1.82) is 0 Å². The molecule has 144 valence electrons. The van der Waals surface area contributed by atoms with E-state index in [0.717, 1.165) is 16.3 Å². The zero-order valence-electron chi connectivity index (χ0n) is 16.1. The van der Waals surface area contributed by atoms with Crippen LogP contribution in [0.25, 0.3) is 21.9 Å². The van der Waals surface area contributed by atoms with Gasteiger partial charge in [-0.1, -0.05) is 91.0 Å². The summed E-state index contributed by atoms with van der Waals surface area (Å²) >= 11 is 0. The summed E-state index contributed by atoms with van der Waals surface area (Å²) in [6.07, 6.45) is 0.651. The Labute approximate surface area is 170 Å². The molecule has 0 bridgehead atoms. The first-order valence-corrected chi connectivity index (χ1v) is 9.75. The van der Waals surface area contributed by atoms with E-state index in [9.17, 15) is 4.79 Å². The van der Waals surface area contributed by atoms with Crippen LogP contribution in [0.5, 0.6) is 0 Å². The van der Waals surface area contributed by atoms with E-state index in [1.807, 2.05) is 54.6 Å². The van der Waals surface area contributed by atoms with Crippen LogP contribution < -0.4 is 5.73 Å². The minimum atomic E-state index is -0.336. The van der Waals surface area contributed by atoms with Gasteiger partial charge < -0.3 is 10.5 Å². The molecule has 0 unspecified atom stereocenters. The Morgan fingerprint density at radius 2 is 1.41 bits per heavy atom. The maximum Gasteiger partial charge on any atom is 0.338 e. The van der Waals surface area contributed by atoms with Gasteiger partial charge in [0.15, 0.2) is 0 Å². The van der Waals surface area contributed by atoms with Crippen LogP contribution in [0.2, 0.25) is 0 Å². The highest BCUT2D eigenvalue weighted by molar-refractivity contribution is 6.04. The van der Waals surface area contributed by atoms with Gasteiger partial charge in [0.25, 0.3) is 0 Å². The molecule has 0 saturated carbocycles. The van der Waals surface area contributed by atoms with Crippen LogP contribution in [-0.2, 0) is 11.2 Å². The molecule has 0 heterocycles. The van der Waals surface area contributed by atoms with E-state index in [2.05, 4.69) is 36.4 Å². The fourth-order valence-corrected chi connectivity index (χ4v) is 3.49. The van der Waals surface area contributed by atoms with E-state index in [1.54, 1.807) is 6.07 Å². The summed E-state index contributed by atoms with van der Waals surface area (Å²) in [5, 5.41) is 1.91. The predicted molar refractivity (Wildman–Crippen MR) is 118 cm³/mol. The lowest BCUT2D eigenvalue weighted by Gasteiger charge is -2.13. The second-order valence-corrected chi connectivity index (χ2v) is 7.15. The Hall–Kier alpha value is -3.43. The normalized spacial score (nSPS) is 11.9. The quantitative estimate of drug-likeness (QED) is 0.465. The van der Waals surface area contributed by atoms with E-state index < -0.39 is 0 Å². The zero-order valence-corrected chi connectivity index (χ0v) is 16.1. The van der Waals surface area contributed by atoms with Gasteiger partial charge >= 0.3 is 5.97 Å². The van der Waals surface area contributed by atoms with Gasteiger partial charge in [-0.2, -0.15) is 0 Å². The Morgan fingerprint density at radius 3 is 2.21 bits per heavy atom. The smallest absolute Gasteiger partial charge is 0.338 e. The highest BCUT2D eigenvalue weighted by Gasteiger charge is 2.13. The fourth-order valence-electron chi connectivity index (χ4n) is 3.49. The summed E-state index contributed by atoms with van der Waals surface area (Å²) in [6.45, 7) is 0.183. The topological polar surface area (TPSA) is 52.3 Å². The molecule has 0 fully saturated rings. The summed E-state index contributed by atoms with van der Waals surface area (Å²) in [5.41, 5.74) is 10.3. The van der Waals surface area contributed by atoms with Crippen LogP contribution in [0.4, 0.5) is 0 Å². The Morgan fingerprint density at radius 1 is 0.759 bits per heavy atom. The number of carbonyl (C=O) groups is 1. The number of hydrogen-bond acceptors (Lipinski definition) is 3. The van der Waals surface area contributed by atoms with Crippen molar-refractivity contribution in [3.05, 3.63) is 108 Å². The second-order valence-electron chi connectivity index (χ2n) is 7.15. The molecule has 0 saturated heterocycles. The van der Waals surface area contributed by atoms with Gasteiger partial charge in [-0.3, -0.25) is 0 Å². The number of hydrogen-bond donors (Lipinski definition) is 1. The summed E-state index contributed by atoms with van der Waals surface area (Å²) in [5.74, 6) is -0.336. The average Bonchev–Trinajstić information content (AvgIpc) is 2.78. The van der Waals surface area contributed by atoms with Gasteiger partial charge in [0.05, 0.1) is 5.56 Å². The minimum Gasteiger partial charge on any atom is -0.460 e. The summed E-state index contributed by atoms with van der Waals surface area (Å²) in [6, 6.07) is 31.8. The predicted octanol–water partition coefficient (Wildman–Crippen LogP) is 5.23. The van der Waals surface area contributed by atoms with E-state index in [4.69, 9.17) is 10.5 Å².